The number of carbonyl (C=O) groups is 2. The largest absolute Gasteiger partial charge is 0.491 e. The molecule has 26 heavy (non-hydrogen) atoms. The molecule has 0 radical (unpaired) electrons. The molecule has 1 aliphatic rings. The lowest BCUT2D eigenvalue weighted by Gasteiger charge is -2.23. The van der Waals surface area contributed by atoms with Crippen LogP contribution < -0.4 is 9.64 Å². The fourth-order valence-electron chi connectivity index (χ4n) is 2.80. The molecule has 6 nitrogen and oxygen atoms in total. The van der Waals surface area contributed by atoms with E-state index in [-0.39, 0.29) is 11.9 Å². The van der Waals surface area contributed by atoms with Crippen molar-refractivity contribution in [1.82, 2.24) is 0 Å². The van der Waals surface area contributed by atoms with Crippen LogP contribution in [-0.4, -0.2) is 45.4 Å². The molecule has 1 aromatic rings. The number of ether oxygens (including phenoxy) is 3. The molecule has 2 rings (SSSR count). The minimum absolute atomic E-state index is 0.0207. The fourth-order valence-corrected chi connectivity index (χ4v) is 2.80. The molecule has 0 bridgehead atoms. The Balaban J connectivity index is 2.24. The number of carbonyl (C=O) groups excluding carboxylic acids is 2. The molecule has 1 heterocycles. The number of esters is 1. The third kappa shape index (κ3) is 5.08. The van der Waals surface area contributed by atoms with Crippen LogP contribution in [0.5, 0.6) is 5.75 Å². The zero-order valence-electron chi connectivity index (χ0n) is 15.7. The summed E-state index contributed by atoms with van der Waals surface area (Å²) >= 11 is 0. The van der Waals surface area contributed by atoms with Crippen LogP contribution in [0.1, 0.15) is 38.7 Å². The molecule has 0 saturated carbocycles. The van der Waals surface area contributed by atoms with Crippen LogP contribution >= 0.6 is 0 Å². The summed E-state index contributed by atoms with van der Waals surface area (Å²) in [7, 11) is 1.36. The van der Waals surface area contributed by atoms with Crippen LogP contribution in [0.2, 0.25) is 0 Å². The van der Waals surface area contributed by atoms with Gasteiger partial charge in [-0.25, -0.2) is 4.79 Å². The van der Waals surface area contributed by atoms with Crippen molar-refractivity contribution in [3.05, 3.63) is 29.3 Å². The van der Waals surface area contributed by atoms with Gasteiger partial charge >= 0.3 is 5.97 Å². The highest BCUT2D eigenvalue weighted by Gasteiger charge is 2.23. The van der Waals surface area contributed by atoms with Crippen LogP contribution in [0.3, 0.4) is 0 Å². The average Bonchev–Trinajstić information content (AvgIpc) is 2.85. The van der Waals surface area contributed by atoms with E-state index < -0.39 is 0 Å². The predicted octanol–water partition coefficient (Wildman–Crippen LogP) is 3.20. The minimum atomic E-state index is -0.374. The summed E-state index contributed by atoms with van der Waals surface area (Å²) in [6, 6.07) is 5.55. The molecular weight excluding hydrogens is 334 g/mol. The lowest BCUT2D eigenvalue weighted by atomic mass is 10.1. The lowest BCUT2D eigenvalue weighted by molar-refractivity contribution is -0.136. The van der Waals surface area contributed by atoms with Crippen molar-refractivity contribution in [1.29, 1.82) is 0 Å². The zero-order chi connectivity index (χ0) is 18.9. The van der Waals surface area contributed by atoms with Crippen molar-refractivity contribution < 1.29 is 23.8 Å². The SMILES string of the molecule is CCCOCCOc1ccc2c(c1)C=C(C(=O)OC)CCN2C(=O)CC. The average molecular weight is 361 g/mol. The summed E-state index contributed by atoms with van der Waals surface area (Å²) in [6.07, 6.45) is 3.61. The summed E-state index contributed by atoms with van der Waals surface area (Å²) in [5, 5.41) is 0. The molecule has 0 atom stereocenters. The van der Waals surface area contributed by atoms with Gasteiger partial charge in [0.2, 0.25) is 5.91 Å². The Morgan fingerprint density at radius 3 is 2.65 bits per heavy atom. The number of hydrogen-bond donors (Lipinski definition) is 0. The van der Waals surface area contributed by atoms with Crippen molar-refractivity contribution in [3.63, 3.8) is 0 Å². The van der Waals surface area contributed by atoms with Gasteiger partial charge in [0.25, 0.3) is 0 Å². The van der Waals surface area contributed by atoms with Crippen molar-refractivity contribution >= 4 is 23.6 Å². The van der Waals surface area contributed by atoms with E-state index in [9.17, 15) is 9.59 Å². The Labute approximate surface area is 154 Å². The van der Waals surface area contributed by atoms with Gasteiger partial charge in [0.05, 0.1) is 19.4 Å². The van der Waals surface area contributed by atoms with E-state index in [1.54, 1.807) is 11.0 Å². The van der Waals surface area contributed by atoms with Gasteiger partial charge in [-0.3, -0.25) is 4.79 Å². The Morgan fingerprint density at radius 1 is 1.15 bits per heavy atom. The number of anilines is 1. The third-order valence-electron chi connectivity index (χ3n) is 4.12. The first-order valence-corrected chi connectivity index (χ1v) is 9.04. The molecule has 0 N–H and O–H groups in total. The Hall–Kier alpha value is -2.34. The Bertz CT molecular complexity index is 668. The van der Waals surface area contributed by atoms with E-state index in [1.807, 2.05) is 25.1 Å². The smallest absolute Gasteiger partial charge is 0.333 e. The lowest BCUT2D eigenvalue weighted by Crippen LogP contribution is -2.31. The maximum absolute atomic E-state index is 12.3. The third-order valence-corrected chi connectivity index (χ3v) is 4.12. The van der Waals surface area contributed by atoms with Gasteiger partial charge in [-0.05, 0) is 37.1 Å². The summed E-state index contributed by atoms with van der Waals surface area (Å²) < 4.78 is 16.0. The number of hydrogen-bond acceptors (Lipinski definition) is 5. The summed E-state index contributed by atoms with van der Waals surface area (Å²) in [6.45, 7) is 6.02. The quantitative estimate of drug-likeness (QED) is 0.525. The Kier molecular flexibility index (Phi) is 7.66. The first-order valence-electron chi connectivity index (χ1n) is 9.04. The van der Waals surface area contributed by atoms with E-state index in [2.05, 4.69) is 6.92 Å². The number of amides is 1. The van der Waals surface area contributed by atoms with Gasteiger partial charge in [-0.2, -0.15) is 0 Å². The van der Waals surface area contributed by atoms with E-state index in [4.69, 9.17) is 14.2 Å². The second kappa shape index (κ2) is 9.97. The maximum atomic E-state index is 12.3. The second-order valence-corrected chi connectivity index (χ2v) is 5.99. The zero-order valence-corrected chi connectivity index (χ0v) is 15.7. The molecule has 6 heteroatoms. The molecule has 0 aromatic heterocycles. The first-order chi connectivity index (χ1) is 12.6. The molecule has 0 saturated heterocycles. The van der Waals surface area contributed by atoms with E-state index in [0.29, 0.717) is 50.5 Å². The highest BCUT2D eigenvalue weighted by molar-refractivity contribution is 6.00. The summed E-state index contributed by atoms with van der Waals surface area (Å²) in [5.41, 5.74) is 2.10. The van der Waals surface area contributed by atoms with Crippen molar-refractivity contribution in [2.75, 3.05) is 38.4 Å². The number of fused-ring (bicyclic) bond motifs is 1. The van der Waals surface area contributed by atoms with Gasteiger partial charge in [-0.15, -0.1) is 0 Å². The highest BCUT2D eigenvalue weighted by atomic mass is 16.5. The molecule has 0 fully saturated rings. The van der Waals surface area contributed by atoms with Crippen LogP contribution in [0.25, 0.3) is 6.08 Å². The Morgan fingerprint density at radius 2 is 1.96 bits per heavy atom. The van der Waals surface area contributed by atoms with Crippen molar-refractivity contribution in [3.8, 4) is 5.75 Å². The van der Waals surface area contributed by atoms with Crippen molar-refractivity contribution in [2.45, 2.75) is 33.1 Å². The molecule has 1 amide bonds. The van der Waals surface area contributed by atoms with Crippen LogP contribution in [-0.2, 0) is 19.1 Å². The van der Waals surface area contributed by atoms with Crippen LogP contribution in [0, 0.1) is 0 Å². The van der Waals surface area contributed by atoms with E-state index >= 15 is 0 Å². The molecule has 0 aliphatic carbocycles. The molecule has 1 aromatic carbocycles. The number of nitrogens with zero attached hydrogens (tertiary/aromatic N) is 1. The van der Waals surface area contributed by atoms with Crippen LogP contribution in [0.15, 0.2) is 23.8 Å². The molecular formula is C20H27NO5. The summed E-state index contributed by atoms with van der Waals surface area (Å²) in [5.74, 6) is 0.323. The first kappa shape index (κ1) is 20.0. The number of benzene rings is 1. The molecule has 142 valence electrons. The minimum Gasteiger partial charge on any atom is -0.491 e. The van der Waals surface area contributed by atoms with Gasteiger partial charge in [0, 0.05) is 30.7 Å². The van der Waals surface area contributed by atoms with Gasteiger partial charge in [-0.1, -0.05) is 13.8 Å². The fraction of sp³-hybridized carbons (Fsp3) is 0.500. The number of rotatable bonds is 8. The monoisotopic (exact) mass is 361 g/mol. The van der Waals surface area contributed by atoms with E-state index in [0.717, 1.165) is 17.7 Å². The van der Waals surface area contributed by atoms with E-state index in [1.165, 1.54) is 7.11 Å². The molecule has 0 unspecified atom stereocenters. The number of methoxy groups -OCH3 is 1. The highest BCUT2D eigenvalue weighted by Crippen LogP contribution is 2.32. The van der Waals surface area contributed by atoms with Crippen molar-refractivity contribution in [2.24, 2.45) is 0 Å². The standard InChI is InChI=1S/C20H27NO5/c1-4-10-25-11-12-26-17-6-7-18-16(14-17)13-15(20(23)24-3)8-9-21(18)19(22)5-2/h6-7,13-14H,4-5,8-12H2,1-3H3. The normalized spacial score (nSPS) is 13.5. The molecule has 1 aliphatic heterocycles. The van der Waals surface area contributed by atoms with Gasteiger partial charge in [0.15, 0.2) is 0 Å². The van der Waals surface area contributed by atoms with Crippen LogP contribution in [0.4, 0.5) is 5.69 Å². The maximum Gasteiger partial charge on any atom is 0.333 e. The molecule has 0 spiro atoms. The second-order valence-electron chi connectivity index (χ2n) is 5.99. The van der Waals surface area contributed by atoms with Gasteiger partial charge < -0.3 is 19.1 Å². The topological polar surface area (TPSA) is 65.1 Å². The summed E-state index contributed by atoms with van der Waals surface area (Å²) in [4.78, 5) is 26.0. The van der Waals surface area contributed by atoms with Gasteiger partial charge in [0.1, 0.15) is 12.4 Å². The predicted molar refractivity (Wildman–Crippen MR) is 100 cm³/mol.